The lowest BCUT2D eigenvalue weighted by Gasteiger charge is -2.20. The fourth-order valence-corrected chi connectivity index (χ4v) is 3.48. The zero-order chi connectivity index (χ0) is 19.4. The number of hydrogen-bond acceptors (Lipinski definition) is 6. The Morgan fingerprint density at radius 3 is 2.59 bits per heavy atom. The molecule has 0 bridgehead atoms. The molecule has 0 saturated carbocycles. The van der Waals surface area contributed by atoms with Crippen LogP contribution < -0.4 is 0 Å². The number of amidine groups is 1. The first-order valence-corrected chi connectivity index (χ1v) is 9.00. The van der Waals surface area contributed by atoms with Crippen molar-refractivity contribution in [3.63, 3.8) is 0 Å². The summed E-state index contributed by atoms with van der Waals surface area (Å²) in [5, 5.41) is 11.5. The number of hydrogen-bond donors (Lipinski definition) is 0. The second-order valence-corrected chi connectivity index (χ2v) is 7.16. The van der Waals surface area contributed by atoms with E-state index in [1.165, 1.54) is 23.9 Å². The van der Waals surface area contributed by atoms with Crippen LogP contribution in [0, 0.1) is 10.1 Å². The second-order valence-electron chi connectivity index (χ2n) is 6.15. The third-order valence-corrected chi connectivity index (χ3v) is 4.68. The van der Waals surface area contributed by atoms with Gasteiger partial charge in [0.2, 0.25) is 0 Å². The van der Waals surface area contributed by atoms with Crippen LogP contribution in [0.3, 0.4) is 0 Å². The zero-order valence-corrected chi connectivity index (χ0v) is 15.7. The Morgan fingerprint density at radius 1 is 1.19 bits per heavy atom. The molecule has 1 aliphatic heterocycles. The maximum atomic E-state index is 12.9. The second kappa shape index (κ2) is 8.15. The van der Waals surface area contributed by atoms with Gasteiger partial charge in [-0.05, 0) is 49.6 Å². The number of thioether (sulfide) groups is 1. The number of amides is 1. The van der Waals surface area contributed by atoms with E-state index >= 15 is 0 Å². The van der Waals surface area contributed by atoms with Crippen molar-refractivity contribution in [2.24, 2.45) is 4.99 Å². The normalized spacial score (nSPS) is 17.3. The van der Waals surface area contributed by atoms with Crippen molar-refractivity contribution in [1.29, 1.82) is 0 Å². The summed E-state index contributed by atoms with van der Waals surface area (Å²) in [5.74, 6) is -0.171. The number of rotatable bonds is 5. The molecule has 0 aliphatic carbocycles. The number of nitro groups is 1. The fraction of sp³-hybridized carbons (Fsp3) is 0.158. The maximum Gasteiger partial charge on any atom is 0.270 e. The minimum Gasteiger partial charge on any atom is -0.292 e. The molecule has 1 amide bonds. The first-order chi connectivity index (χ1) is 12.9. The fourth-order valence-electron chi connectivity index (χ4n) is 2.49. The van der Waals surface area contributed by atoms with E-state index in [0.717, 1.165) is 5.69 Å². The molecule has 0 atom stereocenters. The number of nitro benzene ring substituents is 1. The van der Waals surface area contributed by atoms with Crippen molar-refractivity contribution < 1.29 is 9.72 Å². The van der Waals surface area contributed by atoms with Gasteiger partial charge in [0.25, 0.3) is 11.6 Å². The topological polar surface area (TPSA) is 79.0 Å². The number of aliphatic imine (C=N–C) groups is 1. The molecule has 8 heteroatoms. The largest absolute Gasteiger partial charge is 0.292 e. The predicted octanol–water partition coefficient (Wildman–Crippen LogP) is 3.72. The van der Waals surface area contributed by atoms with E-state index in [0.29, 0.717) is 22.3 Å². The molecule has 1 heterocycles. The van der Waals surface area contributed by atoms with Gasteiger partial charge in [0, 0.05) is 12.1 Å². The summed E-state index contributed by atoms with van der Waals surface area (Å²) in [7, 11) is 3.75. The van der Waals surface area contributed by atoms with Gasteiger partial charge < -0.3 is 0 Å². The highest BCUT2D eigenvalue weighted by Gasteiger charge is 2.33. The molecule has 138 valence electrons. The Kier molecular flexibility index (Phi) is 5.68. The van der Waals surface area contributed by atoms with Gasteiger partial charge in [0.05, 0.1) is 22.2 Å². The lowest BCUT2D eigenvalue weighted by Crippen LogP contribution is -2.37. The van der Waals surface area contributed by atoms with E-state index in [1.54, 1.807) is 23.1 Å². The quantitative estimate of drug-likeness (QED) is 0.447. The minimum absolute atomic E-state index is 0.0110. The summed E-state index contributed by atoms with van der Waals surface area (Å²) in [6.07, 6.45) is 1.66. The number of para-hydroxylation sites is 1. The van der Waals surface area contributed by atoms with Crippen molar-refractivity contribution in [3.8, 4) is 0 Å². The first kappa shape index (κ1) is 18.8. The first-order valence-electron chi connectivity index (χ1n) is 8.18. The number of nitrogens with zero attached hydrogens (tertiary/aromatic N) is 4. The maximum absolute atomic E-state index is 12.9. The Labute approximate surface area is 161 Å². The molecule has 0 radical (unpaired) electrons. The molecule has 1 saturated heterocycles. The Morgan fingerprint density at radius 2 is 1.93 bits per heavy atom. The molecule has 1 aliphatic rings. The summed E-state index contributed by atoms with van der Waals surface area (Å²) in [6, 6.07) is 15.6. The van der Waals surface area contributed by atoms with E-state index in [4.69, 9.17) is 0 Å². The predicted molar refractivity (Wildman–Crippen MR) is 108 cm³/mol. The van der Waals surface area contributed by atoms with E-state index < -0.39 is 4.92 Å². The minimum atomic E-state index is -0.452. The third-order valence-electron chi connectivity index (χ3n) is 3.67. The molecule has 2 aromatic carbocycles. The van der Waals surface area contributed by atoms with Crippen LogP contribution in [-0.4, -0.2) is 46.6 Å². The van der Waals surface area contributed by atoms with Crippen molar-refractivity contribution in [2.45, 2.75) is 0 Å². The van der Waals surface area contributed by atoms with Crippen LogP contribution in [0.1, 0.15) is 5.56 Å². The van der Waals surface area contributed by atoms with Crippen LogP contribution in [-0.2, 0) is 4.79 Å². The summed E-state index contributed by atoms with van der Waals surface area (Å²) >= 11 is 1.26. The van der Waals surface area contributed by atoms with Crippen LogP contribution in [0.4, 0.5) is 11.4 Å². The molecule has 0 aromatic heterocycles. The number of benzene rings is 2. The molecule has 1 fully saturated rings. The number of carbonyl (C=O) groups excluding carboxylic acids is 1. The molecular weight excluding hydrogens is 364 g/mol. The van der Waals surface area contributed by atoms with E-state index in [1.807, 2.05) is 49.3 Å². The van der Waals surface area contributed by atoms with E-state index in [-0.39, 0.29) is 11.6 Å². The average molecular weight is 382 g/mol. The average Bonchev–Trinajstić information content (AvgIpc) is 2.91. The van der Waals surface area contributed by atoms with Gasteiger partial charge in [0.15, 0.2) is 5.17 Å². The summed E-state index contributed by atoms with van der Waals surface area (Å²) in [5.41, 5.74) is 1.35. The molecule has 3 rings (SSSR count). The molecule has 0 N–H and O–H groups in total. The molecular formula is C19H18N4O3S. The van der Waals surface area contributed by atoms with Crippen molar-refractivity contribution in [1.82, 2.24) is 9.80 Å². The lowest BCUT2D eigenvalue weighted by atomic mass is 10.2. The van der Waals surface area contributed by atoms with Gasteiger partial charge >= 0.3 is 0 Å². The summed E-state index contributed by atoms with van der Waals surface area (Å²) < 4.78 is 0. The van der Waals surface area contributed by atoms with Crippen LogP contribution in [0.2, 0.25) is 0 Å². The van der Waals surface area contributed by atoms with Crippen molar-refractivity contribution in [3.05, 3.63) is 75.2 Å². The van der Waals surface area contributed by atoms with Crippen LogP contribution in [0.15, 0.2) is 64.5 Å². The number of carbonyl (C=O) groups is 1. The van der Waals surface area contributed by atoms with Gasteiger partial charge in [-0.1, -0.05) is 30.3 Å². The molecule has 7 nitrogen and oxygen atoms in total. The summed E-state index contributed by atoms with van der Waals surface area (Å²) in [6.45, 7) is 0.393. The van der Waals surface area contributed by atoms with Crippen LogP contribution in [0.25, 0.3) is 6.08 Å². The van der Waals surface area contributed by atoms with E-state index in [2.05, 4.69) is 4.99 Å². The molecule has 2 aromatic rings. The SMILES string of the molecule is CN(C)CN1C(=O)/C(=C/c2cccc([N+](=O)[O-])c2)SC1=Nc1ccccc1. The molecule has 27 heavy (non-hydrogen) atoms. The Hall–Kier alpha value is -2.97. The third kappa shape index (κ3) is 4.60. The zero-order valence-electron chi connectivity index (χ0n) is 14.9. The lowest BCUT2D eigenvalue weighted by molar-refractivity contribution is -0.384. The van der Waals surface area contributed by atoms with E-state index in [9.17, 15) is 14.9 Å². The summed E-state index contributed by atoms with van der Waals surface area (Å²) in [4.78, 5) is 31.9. The van der Waals surface area contributed by atoms with Crippen molar-refractivity contribution in [2.75, 3.05) is 20.8 Å². The highest BCUT2D eigenvalue weighted by atomic mass is 32.2. The van der Waals surface area contributed by atoms with Gasteiger partial charge in [-0.25, -0.2) is 4.99 Å². The molecule has 0 unspecified atom stereocenters. The van der Waals surface area contributed by atoms with Gasteiger partial charge in [-0.3, -0.25) is 24.7 Å². The van der Waals surface area contributed by atoms with Crippen LogP contribution in [0.5, 0.6) is 0 Å². The molecule has 0 spiro atoms. The number of non-ortho nitro benzene ring substituents is 1. The monoisotopic (exact) mass is 382 g/mol. The van der Waals surface area contributed by atoms with Gasteiger partial charge in [-0.15, -0.1) is 0 Å². The smallest absolute Gasteiger partial charge is 0.270 e. The highest BCUT2D eigenvalue weighted by molar-refractivity contribution is 8.18. The Balaban J connectivity index is 1.95. The van der Waals surface area contributed by atoms with Gasteiger partial charge in [-0.2, -0.15) is 0 Å². The standard InChI is InChI=1S/C19H18N4O3S/c1-21(2)13-22-18(24)17(12-14-7-6-10-16(11-14)23(25)26)27-19(22)20-15-8-4-3-5-9-15/h3-12H,13H2,1-2H3/b17-12-,20-19?. The highest BCUT2D eigenvalue weighted by Crippen LogP contribution is 2.34. The van der Waals surface area contributed by atoms with Crippen molar-refractivity contribution >= 4 is 40.3 Å². The van der Waals surface area contributed by atoms with Gasteiger partial charge in [0.1, 0.15) is 0 Å². The van der Waals surface area contributed by atoms with Crippen LogP contribution >= 0.6 is 11.8 Å². The Bertz CT molecular complexity index is 926.